The lowest BCUT2D eigenvalue weighted by Crippen LogP contribution is -2.07. The van der Waals surface area contributed by atoms with Crippen LogP contribution in [-0.4, -0.2) is 10.1 Å². The van der Waals surface area contributed by atoms with Gasteiger partial charge in [0, 0.05) is 11.3 Å². The molecule has 0 aliphatic carbocycles. The maximum Gasteiger partial charge on any atom is 0.417 e. The Bertz CT molecular complexity index is 579. The third-order valence-electron chi connectivity index (χ3n) is 2.50. The van der Waals surface area contributed by atoms with E-state index in [0.29, 0.717) is 5.69 Å². The monoisotopic (exact) mass is 253 g/mol. The zero-order valence-corrected chi connectivity index (χ0v) is 9.49. The molecule has 0 aliphatic rings. The first-order valence-electron chi connectivity index (χ1n) is 5.23. The Hall–Kier alpha value is -2.04. The number of halogens is 3. The molecule has 0 amide bonds. The predicted molar refractivity (Wildman–Crippen MR) is 61.1 cm³/mol. The van der Waals surface area contributed by atoms with Crippen molar-refractivity contribution in [1.82, 2.24) is 4.98 Å². The number of hydrogen-bond acceptors (Lipinski definition) is 2. The lowest BCUT2D eigenvalue weighted by molar-refractivity contribution is -0.137. The van der Waals surface area contributed by atoms with E-state index >= 15 is 0 Å². The van der Waals surface area contributed by atoms with Crippen molar-refractivity contribution in [3.63, 3.8) is 0 Å². The van der Waals surface area contributed by atoms with Gasteiger partial charge in [0.25, 0.3) is 0 Å². The highest BCUT2D eigenvalue weighted by atomic mass is 19.4. The molecule has 0 fully saturated rings. The summed E-state index contributed by atoms with van der Waals surface area (Å²) in [5.41, 5.74) is -0.438. The predicted octanol–water partition coefficient (Wildman–Crippen LogP) is 3.78. The first-order chi connectivity index (χ1) is 8.39. The van der Waals surface area contributed by atoms with E-state index in [-0.39, 0.29) is 17.0 Å². The average molecular weight is 253 g/mol. The molecular formula is C13H10F3NO. The van der Waals surface area contributed by atoms with Crippen LogP contribution in [0.5, 0.6) is 5.75 Å². The Morgan fingerprint density at radius 1 is 1.06 bits per heavy atom. The van der Waals surface area contributed by atoms with Crippen LogP contribution in [0.25, 0.3) is 11.3 Å². The summed E-state index contributed by atoms with van der Waals surface area (Å²) in [7, 11) is 0. The third-order valence-corrected chi connectivity index (χ3v) is 2.50. The van der Waals surface area contributed by atoms with Crippen molar-refractivity contribution in [1.29, 1.82) is 0 Å². The summed E-state index contributed by atoms with van der Waals surface area (Å²) in [6.45, 7) is 1.65. The smallest absolute Gasteiger partial charge is 0.417 e. The van der Waals surface area contributed by atoms with E-state index in [9.17, 15) is 18.3 Å². The Balaban J connectivity index is 2.68. The lowest BCUT2D eigenvalue weighted by atomic mass is 10.0. The molecule has 2 nitrogen and oxygen atoms in total. The van der Waals surface area contributed by atoms with Gasteiger partial charge >= 0.3 is 6.18 Å². The number of alkyl halides is 3. The Morgan fingerprint density at radius 3 is 2.39 bits per heavy atom. The van der Waals surface area contributed by atoms with Crippen LogP contribution in [0, 0.1) is 6.92 Å². The molecule has 2 aromatic rings. The lowest BCUT2D eigenvalue weighted by Gasteiger charge is -2.13. The highest BCUT2D eigenvalue weighted by molar-refractivity contribution is 5.70. The summed E-state index contributed by atoms with van der Waals surface area (Å²) in [5, 5.41) is 9.65. The Kier molecular flexibility index (Phi) is 2.98. The number of aryl methyl sites for hydroxylation is 1. The zero-order valence-electron chi connectivity index (χ0n) is 9.49. The second kappa shape index (κ2) is 4.33. The Labute approximate surface area is 102 Å². The van der Waals surface area contributed by atoms with Crippen molar-refractivity contribution in [2.45, 2.75) is 13.1 Å². The molecular weight excluding hydrogens is 243 g/mol. The fourth-order valence-corrected chi connectivity index (χ4v) is 1.68. The average Bonchev–Trinajstić information content (AvgIpc) is 2.31. The number of aromatic nitrogens is 1. The van der Waals surface area contributed by atoms with Crippen molar-refractivity contribution in [2.24, 2.45) is 0 Å². The summed E-state index contributed by atoms with van der Waals surface area (Å²) in [4.78, 5) is 3.97. The van der Waals surface area contributed by atoms with Crippen LogP contribution >= 0.6 is 0 Å². The minimum absolute atomic E-state index is 0.0528. The van der Waals surface area contributed by atoms with Crippen molar-refractivity contribution in [3.05, 3.63) is 47.7 Å². The normalized spacial score (nSPS) is 11.6. The first kappa shape index (κ1) is 12.4. The van der Waals surface area contributed by atoms with Crippen LogP contribution in [0.3, 0.4) is 0 Å². The fraction of sp³-hybridized carbons (Fsp3) is 0.154. The molecule has 1 aromatic heterocycles. The van der Waals surface area contributed by atoms with Gasteiger partial charge in [-0.05, 0) is 25.1 Å². The van der Waals surface area contributed by atoms with Crippen LogP contribution in [0.2, 0.25) is 0 Å². The van der Waals surface area contributed by atoms with Gasteiger partial charge in [0.2, 0.25) is 0 Å². The van der Waals surface area contributed by atoms with E-state index in [1.807, 2.05) is 0 Å². The second-order valence-electron chi connectivity index (χ2n) is 3.86. The van der Waals surface area contributed by atoms with Gasteiger partial charge < -0.3 is 5.11 Å². The van der Waals surface area contributed by atoms with Gasteiger partial charge in [-0.2, -0.15) is 13.2 Å². The van der Waals surface area contributed by atoms with E-state index in [1.165, 1.54) is 30.3 Å². The molecule has 5 heteroatoms. The van der Waals surface area contributed by atoms with Crippen molar-refractivity contribution in [3.8, 4) is 17.0 Å². The number of nitrogens with zero attached hydrogens (tertiary/aromatic N) is 1. The van der Waals surface area contributed by atoms with Crippen molar-refractivity contribution in [2.75, 3.05) is 0 Å². The number of hydrogen-bond donors (Lipinski definition) is 1. The summed E-state index contributed by atoms with van der Waals surface area (Å²) in [6, 6.07) is 7.93. The summed E-state index contributed by atoms with van der Waals surface area (Å²) in [6.07, 6.45) is -4.48. The van der Waals surface area contributed by atoms with Crippen LogP contribution in [0.4, 0.5) is 13.2 Å². The van der Waals surface area contributed by atoms with Crippen LogP contribution in [0.1, 0.15) is 11.3 Å². The van der Waals surface area contributed by atoms with E-state index in [4.69, 9.17) is 0 Å². The molecule has 0 atom stereocenters. The van der Waals surface area contributed by atoms with Gasteiger partial charge in [-0.3, -0.25) is 0 Å². The molecule has 0 aliphatic heterocycles. The molecule has 0 bridgehead atoms. The Morgan fingerprint density at radius 2 is 1.72 bits per heavy atom. The zero-order chi connectivity index (χ0) is 13.3. The molecule has 1 heterocycles. The van der Waals surface area contributed by atoms with Crippen LogP contribution in [0.15, 0.2) is 36.4 Å². The SMILES string of the molecule is Cc1ccc(O)c(-c2ccccc2C(F)(F)F)n1. The molecule has 1 aromatic carbocycles. The summed E-state index contributed by atoms with van der Waals surface area (Å²) >= 11 is 0. The molecule has 0 spiro atoms. The van der Waals surface area contributed by atoms with Gasteiger partial charge in [0.15, 0.2) is 0 Å². The highest BCUT2D eigenvalue weighted by Crippen LogP contribution is 2.38. The van der Waals surface area contributed by atoms with Gasteiger partial charge in [0.05, 0.1) is 5.56 Å². The molecule has 0 radical (unpaired) electrons. The maximum absolute atomic E-state index is 12.9. The van der Waals surface area contributed by atoms with E-state index < -0.39 is 11.7 Å². The largest absolute Gasteiger partial charge is 0.506 e. The van der Waals surface area contributed by atoms with Gasteiger partial charge in [-0.1, -0.05) is 18.2 Å². The van der Waals surface area contributed by atoms with E-state index in [0.717, 1.165) is 6.07 Å². The van der Waals surface area contributed by atoms with Crippen molar-refractivity contribution < 1.29 is 18.3 Å². The minimum atomic E-state index is -4.48. The minimum Gasteiger partial charge on any atom is -0.506 e. The van der Waals surface area contributed by atoms with Crippen molar-refractivity contribution >= 4 is 0 Å². The number of rotatable bonds is 1. The molecule has 2 rings (SSSR count). The second-order valence-corrected chi connectivity index (χ2v) is 3.86. The number of pyridine rings is 1. The van der Waals surface area contributed by atoms with Gasteiger partial charge in [-0.25, -0.2) is 4.98 Å². The number of aromatic hydroxyl groups is 1. The van der Waals surface area contributed by atoms with Crippen LogP contribution in [-0.2, 0) is 6.18 Å². The maximum atomic E-state index is 12.9. The number of benzene rings is 1. The van der Waals surface area contributed by atoms with E-state index in [1.54, 1.807) is 6.92 Å². The first-order valence-corrected chi connectivity index (χ1v) is 5.23. The molecule has 94 valence electrons. The topological polar surface area (TPSA) is 33.1 Å². The van der Waals surface area contributed by atoms with Gasteiger partial charge in [0.1, 0.15) is 11.4 Å². The molecule has 0 unspecified atom stereocenters. The quantitative estimate of drug-likeness (QED) is 0.838. The van der Waals surface area contributed by atoms with Crippen LogP contribution < -0.4 is 0 Å². The highest BCUT2D eigenvalue weighted by Gasteiger charge is 2.34. The van der Waals surface area contributed by atoms with E-state index in [2.05, 4.69) is 4.98 Å². The standard InChI is InChI=1S/C13H10F3NO/c1-8-6-7-11(18)12(17-8)9-4-2-3-5-10(9)13(14,15)16/h2-7,18H,1H3. The molecule has 0 saturated carbocycles. The summed E-state index contributed by atoms with van der Waals surface area (Å²) < 4.78 is 38.6. The molecule has 18 heavy (non-hydrogen) atoms. The molecule has 0 saturated heterocycles. The van der Waals surface area contributed by atoms with Gasteiger partial charge in [-0.15, -0.1) is 0 Å². The fourth-order valence-electron chi connectivity index (χ4n) is 1.68. The summed E-state index contributed by atoms with van der Waals surface area (Å²) in [5.74, 6) is -0.266. The third kappa shape index (κ3) is 2.30. The molecule has 1 N–H and O–H groups in total.